The van der Waals surface area contributed by atoms with E-state index in [9.17, 15) is 0 Å². The van der Waals surface area contributed by atoms with Crippen LogP contribution in [-0.4, -0.2) is 36.4 Å². The predicted molar refractivity (Wildman–Crippen MR) is 92.5 cm³/mol. The van der Waals surface area contributed by atoms with E-state index in [1.807, 2.05) is 6.20 Å². The van der Waals surface area contributed by atoms with Gasteiger partial charge in [0.1, 0.15) is 6.33 Å². The van der Waals surface area contributed by atoms with Gasteiger partial charge in [0.2, 0.25) is 0 Å². The highest BCUT2D eigenvalue weighted by molar-refractivity contribution is 7.11. The third-order valence-electron chi connectivity index (χ3n) is 4.21. The largest absolute Gasteiger partial charge is 0.292 e. The first kappa shape index (κ1) is 15.3. The van der Waals surface area contributed by atoms with E-state index in [1.165, 1.54) is 16.8 Å². The summed E-state index contributed by atoms with van der Waals surface area (Å²) in [7, 11) is 0. The van der Waals surface area contributed by atoms with Crippen molar-refractivity contribution in [3.8, 4) is 11.4 Å². The molecule has 3 aromatic rings. The fourth-order valence-corrected chi connectivity index (χ4v) is 3.95. The molecule has 0 saturated heterocycles. The van der Waals surface area contributed by atoms with Crippen molar-refractivity contribution < 1.29 is 0 Å². The fourth-order valence-electron chi connectivity index (χ4n) is 2.97. The maximum Gasteiger partial charge on any atom is 0.162 e. The quantitative estimate of drug-likeness (QED) is 0.731. The third kappa shape index (κ3) is 3.05. The normalized spacial score (nSPS) is 14.6. The van der Waals surface area contributed by atoms with Crippen LogP contribution in [-0.2, 0) is 19.5 Å². The first-order chi connectivity index (χ1) is 11.7. The highest BCUT2D eigenvalue weighted by Crippen LogP contribution is 2.24. The Balaban J connectivity index is 1.56. The van der Waals surface area contributed by atoms with E-state index in [4.69, 9.17) is 4.98 Å². The summed E-state index contributed by atoms with van der Waals surface area (Å²) in [6.45, 7) is 6.96. The second-order valence-corrected chi connectivity index (χ2v) is 7.28. The Morgan fingerprint density at radius 1 is 1.12 bits per heavy atom. The molecule has 0 bridgehead atoms. The molecule has 24 heavy (non-hydrogen) atoms. The molecule has 0 spiro atoms. The SMILES string of the molecule is Cc1nc(C)c(CN2CCc3cnc(-c4cncnc4)nc3C2)s1. The van der Waals surface area contributed by atoms with Crippen molar-refractivity contribution in [3.63, 3.8) is 0 Å². The van der Waals surface area contributed by atoms with Crippen molar-refractivity contribution in [1.29, 1.82) is 0 Å². The molecule has 0 N–H and O–H groups in total. The number of hydrogen-bond donors (Lipinski definition) is 0. The Kier molecular flexibility index (Phi) is 4.03. The molecule has 0 fully saturated rings. The Labute approximate surface area is 144 Å². The molecule has 0 aliphatic carbocycles. The third-order valence-corrected chi connectivity index (χ3v) is 5.27. The lowest BCUT2D eigenvalue weighted by atomic mass is 10.1. The van der Waals surface area contributed by atoms with Crippen LogP contribution in [0.1, 0.15) is 26.8 Å². The van der Waals surface area contributed by atoms with Crippen molar-refractivity contribution in [1.82, 2.24) is 29.8 Å². The van der Waals surface area contributed by atoms with E-state index < -0.39 is 0 Å². The van der Waals surface area contributed by atoms with Gasteiger partial charge in [-0.05, 0) is 25.8 Å². The molecule has 0 radical (unpaired) electrons. The summed E-state index contributed by atoms with van der Waals surface area (Å²) >= 11 is 1.79. The second kappa shape index (κ2) is 6.33. The van der Waals surface area contributed by atoms with Crippen molar-refractivity contribution in [2.75, 3.05) is 6.54 Å². The molecule has 0 unspecified atom stereocenters. The van der Waals surface area contributed by atoms with Gasteiger partial charge < -0.3 is 0 Å². The molecule has 4 rings (SSSR count). The molecular weight excluding hydrogens is 320 g/mol. The minimum Gasteiger partial charge on any atom is -0.292 e. The maximum atomic E-state index is 4.76. The number of aryl methyl sites for hydroxylation is 2. The van der Waals surface area contributed by atoms with Gasteiger partial charge in [0.05, 0.1) is 22.0 Å². The molecule has 1 aliphatic rings. The summed E-state index contributed by atoms with van der Waals surface area (Å²) in [5, 5.41) is 1.13. The lowest BCUT2D eigenvalue weighted by molar-refractivity contribution is 0.243. The minimum atomic E-state index is 0.695. The van der Waals surface area contributed by atoms with E-state index in [-0.39, 0.29) is 0 Å². The maximum absolute atomic E-state index is 4.76. The van der Waals surface area contributed by atoms with Crippen LogP contribution in [0.3, 0.4) is 0 Å². The average Bonchev–Trinajstić information content (AvgIpc) is 2.92. The van der Waals surface area contributed by atoms with E-state index in [1.54, 1.807) is 23.7 Å². The predicted octanol–water partition coefficient (Wildman–Crippen LogP) is 2.57. The van der Waals surface area contributed by atoms with Crippen LogP contribution >= 0.6 is 11.3 Å². The summed E-state index contributed by atoms with van der Waals surface area (Å²) in [6, 6.07) is 0. The van der Waals surface area contributed by atoms with E-state index in [2.05, 4.69) is 38.7 Å². The van der Waals surface area contributed by atoms with Gasteiger partial charge in [-0.25, -0.2) is 24.9 Å². The molecule has 0 amide bonds. The van der Waals surface area contributed by atoms with E-state index >= 15 is 0 Å². The molecule has 122 valence electrons. The van der Waals surface area contributed by atoms with Crippen LogP contribution in [0.25, 0.3) is 11.4 Å². The van der Waals surface area contributed by atoms with Crippen LogP contribution in [0, 0.1) is 13.8 Å². The molecule has 1 aliphatic heterocycles. The van der Waals surface area contributed by atoms with Crippen LogP contribution in [0.4, 0.5) is 0 Å². The highest BCUT2D eigenvalue weighted by Gasteiger charge is 2.20. The monoisotopic (exact) mass is 338 g/mol. The second-order valence-electron chi connectivity index (χ2n) is 5.99. The van der Waals surface area contributed by atoms with Crippen LogP contribution in [0.2, 0.25) is 0 Å². The van der Waals surface area contributed by atoms with Gasteiger partial charge in [-0.3, -0.25) is 4.90 Å². The Hall–Kier alpha value is -2.25. The fraction of sp³-hybridized carbons (Fsp3) is 0.353. The highest BCUT2D eigenvalue weighted by atomic mass is 32.1. The number of hydrogen-bond acceptors (Lipinski definition) is 7. The summed E-state index contributed by atoms with van der Waals surface area (Å²) in [6.07, 6.45) is 7.95. The van der Waals surface area contributed by atoms with E-state index in [0.29, 0.717) is 5.82 Å². The van der Waals surface area contributed by atoms with Crippen LogP contribution in [0.5, 0.6) is 0 Å². The number of rotatable bonds is 3. The summed E-state index contributed by atoms with van der Waals surface area (Å²) in [5.74, 6) is 0.695. The summed E-state index contributed by atoms with van der Waals surface area (Å²) in [5.41, 5.74) is 4.34. The van der Waals surface area contributed by atoms with Crippen LogP contribution in [0.15, 0.2) is 24.9 Å². The number of nitrogens with zero attached hydrogens (tertiary/aromatic N) is 6. The lowest BCUT2D eigenvalue weighted by Gasteiger charge is -2.27. The molecule has 0 saturated carbocycles. The molecule has 7 heteroatoms. The zero-order valence-electron chi connectivity index (χ0n) is 13.7. The van der Waals surface area contributed by atoms with Crippen molar-refractivity contribution in [3.05, 3.63) is 51.8 Å². The van der Waals surface area contributed by atoms with E-state index in [0.717, 1.165) is 48.0 Å². The Morgan fingerprint density at radius 2 is 1.96 bits per heavy atom. The smallest absolute Gasteiger partial charge is 0.162 e. The van der Waals surface area contributed by atoms with Gasteiger partial charge >= 0.3 is 0 Å². The van der Waals surface area contributed by atoms with Crippen LogP contribution < -0.4 is 0 Å². The van der Waals surface area contributed by atoms with Crippen molar-refractivity contribution in [2.24, 2.45) is 0 Å². The van der Waals surface area contributed by atoms with Gasteiger partial charge in [-0.15, -0.1) is 11.3 Å². The Morgan fingerprint density at radius 3 is 2.71 bits per heavy atom. The van der Waals surface area contributed by atoms with Gasteiger partial charge in [0.15, 0.2) is 5.82 Å². The van der Waals surface area contributed by atoms with Gasteiger partial charge in [-0.1, -0.05) is 0 Å². The van der Waals surface area contributed by atoms with Crippen molar-refractivity contribution >= 4 is 11.3 Å². The summed E-state index contributed by atoms with van der Waals surface area (Å²) in [4.78, 5) is 25.6. The lowest BCUT2D eigenvalue weighted by Crippen LogP contribution is -2.31. The molecule has 0 atom stereocenters. The summed E-state index contributed by atoms with van der Waals surface area (Å²) < 4.78 is 0. The van der Waals surface area contributed by atoms with Gasteiger partial charge in [0, 0.05) is 43.1 Å². The Bertz CT molecular complexity index is 861. The molecule has 6 nitrogen and oxygen atoms in total. The first-order valence-electron chi connectivity index (χ1n) is 7.94. The molecular formula is C17H18N6S. The number of aromatic nitrogens is 5. The number of thiazole rings is 1. The molecule has 4 heterocycles. The average molecular weight is 338 g/mol. The topological polar surface area (TPSA) is 67.7 Å². The first-order valence-corrected chi connectivity index (χ1v) is 8.76. The van der Waals surface area contributed by atoms with Gasteiger partial charge in [0.25, 0.3) is 0 Å². The van der Waals surface area contributed by atoms with Gasteiger partial charge in [-0.2, -0.15) is 0 Å². The zero-order valence-corrected chi connectivity index (χ0v) is 14.5. The molecule has 0 aromatic carbocycles. The number of fused-ring (bicyclic) bond motifs is 1. The standard InChI is InChI=1S/C17H18N6S/c1-11-16(24-12(2)21-11)9-23-4-3-13-7-20-17(22-15(13)8-23)14-5-18-10-19-6-14/h5-7,10H,3-4,8-9H2,1-2H3. The minimum absolute atomic E-state index is 0.695. The van der Waals surface area contributed by atoms with Crippen molar-refractivity contribution in [2.45, 2.75) is 33.4 Å². The molecule has 3 aromatic heterocycles. The zero-order chi connectivity index (χ0) is 16.5.